The van der Waals surface area contributed by atoms with Crippen molar-refractivity contribution in [2.75, 3.05) is 25.0 Å². The van der Waals surface area contributed by atoms with Gasteiger partial charge in [0.1, 0.15) is 5.82 Å². The molecular formula is C24H28N6. The molecule has 30 heavy (non-hydrogen) atoms. The van der Waals surface area contributed by atoms with Crippen LogP contribution in [0.1, 0.15) is 18.4 Å². The molecule has 2 aromatic heterocycles. The second-order valence-electron chi connectivity index (χ2n) is 7.43. The maximum Gasteiger partial charge on any atom is 0.191 e. The Morgan fingerprint density at radius 2 is 1.80 bits per heavy atom. The third-order valence-electron chi connectivity index (χ3n) is 5.38. The number of nitrogens with one attached hydrogen (secondary N) is 2. The van der Waals surface area contributed by atoms with Gasteiger partial charge in [-0.15, -0.1) is 0 Å². The van der Waals surface area contributed by atoms with Crippen molar-refractivity contribution in [2.24, 2.45) is 4.99 Å². The third-order valence-corrected chi connectivity index (χ3v) is 5.38. The highest BCUT2D eigenvalue weighted by molar-refractivity contribution is 5.80. The molecular weight excluding hydrogens is 372 g/mol. The SMILES string of the molecule is CN=C(NCc1cccc(-c2ccccn2)c1)NC1CCN(c2ccccn2)CC1. The van der Waals surface area contributed by atoms with E-state index in [2.05, 4.69) is 60.8 Å². The van der Waals surface area contributed by atoms with Gasteiger partial charge in [-0.05, 0) is 48.7 Å². The largest absolute Gasteiger partial charge is 0.356 e. The molecule has 0 aliphatic carbocycles. The smallest absolute Gasteiger partial charge is 0.191 e. The van der Waals surface area contributed by atoms with Gasteiger partial charge in [-0.2, -0.15) is 0 Å². The lowest BCUT2D eigenvalue weighted by Crippen LogP contribution is -2.48. The number of hydrogen-bond acceptors (Lipinski definition) is 4. The number of rotatable bonds is 5. The Morgan fingerprint density at radius 3 is 2.50 bits per heavy atom. The summed E-state index contributed by atoms with van der Waals surface area (Å²) < 4.78 is 0. The molecule has 0 atom stereocenters. The van der Waals surface area contributed by atoms with Gasteiger partial charge in [-0.3, -0.25) is 9.98 Å². The average Bonchev–Trinajstić information content (AvgIpc) is 2.83. The number of aliphatic imine (C=N–C) groups is 1. The number of piperidine rings is 1. The van der Waals surface area contributed by atoms with Crippen molar-refractivity contribution in [3.8, 4) is 11.3 Å². The molecule has 0 amide bonds. The Kier molecular flexibility index (Phi) is 6.54. The molecule has 1 fully saturated rings. The summed E-state index contributed by atoms with van der Waals surface area (Å²) in [6.07, 6.45) is 5.80. The van der Waals surface area contributed by atoms with Crippen molar-refractivity contribution in [2.45, 2.75) is 25.4 Å². The van der Waals surface area contributed by atoms with Crippen molar-refractivity contribution in [3.05, 3.63) is 78.6 Å². The number of aromatic nitrogens is 2. The van der Waals surface area contributed by atoms with E-state index in [1.54, 1.807) is 0 Å². The predicted octanol–water partition coefficient (Wildman–Crippen LogP) is 3.48. The van der Waals surface area contributed by atoms with Crippen LogP contribution < -0.4 is 15.5 Å². The highest BCUT2D eigenvalue weighted by Gasteiger charge is 2.20. The fraction of sp³-hybridized carbons (Fsp3) is 0.292. The van der Waals surface area contributed by atoms with E-state index in [1.807, 2.05) is 49.8 Å². The molecule has 6 heteroatoms. The van der Waals surface area contributed by atoms with Gasteiger partial charge in [-0.25, -0.2) is 4.98 Å². The fourth-order valence-corrected chi connectivity index (χ4v) is 3.74. The summed E-state index contributed by atoms with van der Waals surface area (Å²) in [5.74, 6) is 1.90. The third kappa shape index (κ3) is 5.14. The molecule has 1 aromatic carbocycles. The standard InChI is InChI=1S/C24H28N6/c1-25-24(29-21-11-15-30(16-12-21)23-10-3-5-14-27-23)28-18-19-7-6-8-20(17-19)22-9-2-4-13-26-22/h2-10,13-14,17,21H,11-12,15-16,18H2,1H3,(H2,25,28,29). The van der Waals surface area contributed by atoms with Gasteiger partial charge in [0.2, 0.25) is 0 Å². The summed E-state index contributed by atoms with van der Waals surface area (Å²) in [6.45, 7) is 2.71. The Hall–Kier alpha value is -3.41. The lowest BCUT2D eigenvalue weighted by Gasteiger charge is -2.33. The summed E-state index contributed by atoms with van der Waals surface area (Å²) in [7, 11) is 1.82. The van der Waals surface area contributed by atoms with Crippen molar-refractivity contribution < 1.29 is 0 Å². The molecule has 1 aliphatic heterocycles. The quantitative estimate of drug-likeness (QED) is 0.507. The molecule has 3 aromatic rings. The molecule has 0 unspecified atom stereocenters. The lowest BCUT2D eigenvalue weighted by atomic mass is 10.1. The van der Waals surface area contributed by atoms with Crippen LogP contribution in [0.4, 0.5) is 5.82 Å². The number of guanidine groups is 1. The van der Waals surface area contributed by atoms with E-state index in [0.717, 1.165) is 49.0 Å². The molecule has 3 heterocycles. The minimum Gasteiger partial charge on any atom is -0.356 e. The van der Waals surface area contributed by atoms with E-state index in [1.165, 1.54) is 5.56 Å². The van der Waals surface area contributed by atoms with Crippen LogP contribution in [0.3, 0.4) is 0 Å². The number of nitrogens with zero attached hydrogens (tertiary/aromatic N) is 4. The molecule has 6 nitrogen and oxygen atoms in total. The molecule has 1 saturated heterocycles. The molecule has 0 radical (unpaired) electrons. The number of hydrogen-bond donors (Lipinski definition) is 2. The van der Waals surface area contributed by atoms with Crippen LogP contribution in [-0.2, 0) is 6.54 Å². The molecule has 1 aliphatic rings. The van der Waals surface area contributed by atoms with Gasteiger partial charge in [0, 0.05) is 50.7 Å². The van der Waals surface area contributed by atoms with Crippen LogP contribution in [0.5, 0.6) is 0 Å². The Balaban J connectivity index is 1.29. The van der Waals surface area contributed by atoms with Crippen LogP contribution in [0.15, 0.2) is 78.0 Å². The summed E-state index contributed by atoms with van der Waals surface area (Å²) in [4.78, 5) is 15.7. The first-order chi connectivity index (χ1) is 14.8. The minimum absolute atomic E-state index is 0.413. The van der Waals surface area contributed by atoms with Crippen molar-refractivity contribution in [3.63, 3.8) is 0 Å². The van der Waals surface area contributed by atoms with E-state index < -0.39 is 0 Å². The van der Waals surface area contributed by atoms with Gasteiger partial charge < -0.3 is 15.5 Å². The van der Waals surface area contributed by atoms with Gasteiger partial charge in [0.15, 0.2) is 5.96 Å². The first-order valence-electron chi connectivity index (χ1n) is 10.5. The average molecular weight is 401 g/mol. The van der Waals surface area contributed by atoms with E-state index in [0.29, 0.717) is 12.6 Å². The minimum atomic E-state index is 0.413. The van der Waals surface area contributed by atoms with E-state index in [9.17, 15) is 0 Å². The van der Waals surface area contributed by atoms with Crippen LogP contribution >= 0.6 is 0 Å². The van der Waals surface area contributed by atoms with E-state index >= 15 is 0 Å². The zero-order chi connectivity index (χ0) is 20.6. The van der Waals surface area contributed by atoms with Crippen LogP contribution in [0.25, 0.3) is 11.3 Å². The topological polar surface area (TPSA) is 65.4 Å². The van der Waals surface area contributed by atoms with E-state index in [4.69, 9.17) is 0 Å². The maximum absolute atomic E-state index is 4.46. The first-order valence-corrected chi connectivity index (χ1v) is 10.5. The molecule has 0 spiro atoms. The van der Waals surface area contributed by atoms with Gasteiger partial charge in [0.05, 0.1) is 5.69 Å². The molecule has 4 rings (SSSR count). The Morgan fingerprint density at radius 1 is 1.00 bits per heavy atom. The van der Waals surface area contributed by atoms with Crippen LogP contribution in [-0.4, -0.2) is 42.1 Å². The highest BCUT2D eigenvalue weighted by atomic mass is 15.2. The van der Waals surface area contributed by atoms with Crippen molar-refractivity contribution >= 4 is 11.8 Å². The summed E-state index contributed by atoms with van der Waals surface area (Å²) in [6, 6.07) is 20.9. The number of benzene rings is 1. The summed E-state index contributed by atoms with van der Waals surface area (Å²) in [5.41, 5.74) is 3.31. The molecule has 154 valence electrons. The highest BCUT2D eigenvalue weighted by Crippen LogP contribution is 2.18. The Labute approximate surface area is 178 Å². The molecule has 2 N–H and O–H groups in total. The predicted molar refractivity (Wildman–Crippen MR) is 122 cm³/mol. The second kappa shape index (κ2) is 9.87. The zero-order valence-electron chi connectivity index (χ0n) is 17.3. The van der Waals surface area contributed by atoms with Crippen LogP contribution in [0.2, 0.25) is 0 Å². The van der Waals surface area contributed by atoms with Crippen molar-refractivity contribution in [1.29, 1.82) is 0 Å². The van der Waals surface area contributed by atoms with Gasteiger partial charge >= 0.3 is 0 Å². The van der Waals surface area contributed by atoms with Crippen LogP contribution in [0, 0.1) is 0 Å². The van der Waals surface area contributed by atoms with E-state index in [-0.39, 0.29) is 0 Å². The fourth-order valence-electron chi connectivity index (χ4n) is 3.74. The monoisotopic (exact) mass is 400 g/mol. The Bertz CT molecular complexity index is 950. The normalized spacial score (nSPS) is 15.1. The summed E-state index contributed by atoms with van der Waals surface area (Å²) in [5, 5.41) is 7.02. The first kappa shape index (κ1) is 19.9. The maximum atomic E-state index is 4.46. The molecule has 0 bridgehead atoms. The second-order valence-corrected chi connectivity index (χ2v) is 7.43. The zero-order valence-corrected chi connectivity index (χ0v) is 17.3. The number of pyridine rings is 2. The number of anilines is 1. The summed E-state index contributed by atoms with van der Waals surface area (Å²) >= 11 is 0. The van der Waals surface area contributed by atoms with Gasteiger partial charge in [-0.1, -0.05) is 30.3 Å². The van der Waals surface area contributed by atoms with Gasteiger partial charge in [0.25, 0.3) is 0 Å². The molecule has 0 saturated carbocycles. The van der Waals surface area contributed by atoms with Crippen molar-refractivity contribution in [1.82, 2.24) is 20.6 Å². The lowest BCUT2D eigenvalue weighted by molar-refractivity contribution is 0.459.